The van der Waals surface area contributed by atoms with Gasteiger partial charge in [0.1, 0.15) is 0 Å². The number of aromatic nitrogens is 1. The van der Waals surface area contributed by atoms with Gasteiger partial charge in [0.05, 0.1) is 34.4 Å². The van der Waals surface area contributed by atoms with Gasteiger partial charge in [0, 0.05) is 36.6 Å². The van der Waals surface area contributed by atoms with Crippen LogP contribution in [0.4, 0.5) is 11.4 Å². The van der Waals surface area contributed by atoms with Crippen molar-refractivity contribution in [3.05, 3.63) is 68.8 Å². The number of hydrogen-bond donors (Lipinski definition) is 0. The molecule has 2 fully saturated rings. The van der Waals surface area contributed by atoms with Crippen molar-refractivity contribution in [3.63, 3.8) is 0 Å². The van der Waals surface area contributed by atoms with Crippen molar-refractivity contribution in [2.75, 3.05) is 26.3 Å². The number of sulfonamides is 1. The third-order valence-corrected chi connectivity index (χ3v) is 10.5. The van der Waals surface area contributed by atoms with Crippen LogP contribution in [0.1, 0.15) is 39.2 Å². The molecule has 0 amide bonds. The fourth-order valence-corrected chi connectivity index (χ4v) is 7.72. The Bertz CT molecular complexity index is 1460. The standard InChI is InChI=1S/C27H32N4O5S2/c1-19-4-3-5-25(20(19)2)30-26(21-6-10-23(11-7-21)31(32)33)18-37-27(30)28-22-8-12-24(13-9-22)38(34,35)29-14-16-36-17-15-29/h6-13,18-20,25H,3-5,14-17H2,1-2H3. The normalized spacial score (nSPS) is 23.4. The molecule has 1 aliphatic carbocycles. The van der Waals surface area contributed by atoms with Crippen LogP contribution < -0.4 is 4.80 Å². The molecule has 202 valence electrons. The Labute approximate surface area is 226 Å². The van der Waals surface area contributed by atoms with Gasteiger partial charge >= 0.3 is 0 Å². The van der Waals surface area contributed by atoms with Crippen molar-refractivity contribution >= 4 is 32.7 Å². The molecule has 3 unspecified atom stereocenters. The zero-order valence-corrected chi connectivity index (χ0v) is 23.2. The molecule has 1 aromatic heterocycles. The summed E-state index contributed by atoms with van der Waals surface area (Å²) in [5, 5.41) is 13.2. The van der Waals surface area contributed by atoms with E-state index in [1.54, 1.807) is 36.4 Å². The van der Waals surface area contributed by atoms with Crippen LogP contribution in [0.15, 0.2) is 63.8 Å². The Balaban J connectivity index is 1.53. The van der Waals surface area contributed by atoms with E-state index < -0.39 is 10.0 Å². The van der Waals surface area contributed by atoms with E-state index in [1.165, 1.54) is 34.2 Å². The number of ether oxygens (including phenoxy) is 1. The summed E-state index contributed by atoms with van der Waals surface area (Å²) >= 11 is 1.53. The van der Waals surface area contributed by atoms with E-state index in [0.29, 0.717) is 43.8 Å². The molecule has 0 radical (unpaired) electrons. The van der Waals surface area contributed by atoms with Crippen LogP contribution >= 0.6 is 11.3 Å². The molecule has 9 nitrogen and oxygen atoms in total. The molecular weight excluding hydrogens is 524 g/mol. The summed E-state index contributed by atoms with van der Waals surface area (Å²) in [4.78, 5) is 16.8. The van der Waals surface area contributed by atoms with Crippen LogP contribution in [-0.2, 0) is 14.8 Å². The summed E-state index contributed by atoms with van der Waals surface area (Å²) in [7, 11) is -3.57. The van der Waals surface area contributed by atoms with Crippen molar-refractivity contribution in [3.8, 4) is 11.3 Å². The summed E-state index contributed by atoms with van der Waals surface area (Å²) in [5.41, 5.74) is 2.63. The molecule has 1 saturated carbocycles. The van der Waals surface area contributed by atoms with Gasteiger partial charge in [0.2, 0.25) is 10.0 Å². The molecule has 2 heterocycles. The Kier molecular flexibility index (Phi) is 7.80. The molecule has 1 aliphatic heterocycles. The summed E-state index contributed by atoms with van der Waals surface area (Å²) < 4.78 is 35.0. The first-order valence-corrected chi connectivity index (χ1v) is 15.3. The maximum atomic E-state index is 13.0. The number of non-ortho nitro benzene ring substituents is 1. The third-order valence-electron chi connectivity index (χ3n) is 7.78. The lowest BCUT2D eigenvalue weighted by Crippen LogP contribution is -2.40. The second kappa shape index (κ2) is 11.1. The van der Waals surface area contributed by atoms with Crippen molar-refractivity contribution in [2.45, 2.75) is 44.0 Å². The van der Waals surface area contributed by atoms with Crippen molar-refractivity contribution in [2.24, 2.45) is 16.8 Å². The number of morpholine rings is 1. The minimum atomic E-state index is -3.57. The fourth-order valence-electron chi connectivity index (χ4n) is 5.34. The van der Waals surface area contributed by atoms with Crippen LogP contribution in [0.3, 0.4) is 0 Å². The maximum Gasteiger partial charge on any atom is 0.269 e. The predicted molar refractivity (Wildman–Crippen MR) is 147 cm³/mol. The first-order valence-electron chi connectivity index (χ1n) is 12.9. The Morgan fingerprint density at radius 1 is 1.03 bits per heavy atom. The number of benzene rings is 2. The van der Waals surface area contributed by atoms with E-state index in [0.717, 1.165) is 28.9 Å². The fraction of sp³-hybridized carbons (Fsp3) is 0.444. The van der Waals surface area contributed by atoms with Crippen molar-refractivity contribution < 1.29 is 18.1 Å². The highest BCUT2D eigenvalue weighted by Crippen LogP contribution is 2.39. The van der Waals surface area contributed by atoms with Gasteiger partial charge in [0.15, 0.2) is 4.80 Å². The highest BCUT2D eigenvalue weighted by molar-refractivity contribution is 7.89. The zero-order valence-electron chi connectivity index (χ0n) is 21.5. The first kappa shape index (κ1) is 26.7. The number of rotatable bonds is 6. The van der Waals surface area contributed by atoms with E-state index in [1.807, 2.05) is 0 Å². The molecule has 2 aromatic carbocycles. The van der Waals surface area contributed by atoms with E-state index >= 15 is 0 Å². The highest BCUT2D eigenvalue weighted by atomic mass is 32.2. The molecule has 2 aliphatic rings. The highest BCUT2D eigenvalue weighted by Gasteiger charge is 2.31. The molecule has 3 aromatic rings. The van der Waals surface area contributed by atoms with Gasteiger partial charge in [-0.25, -0.2) is 13.4 Å². The minimum absolute atomic E-state index is 0.0622. The summed E-state index contributed by atoms with van der Waals surface area (Å²) in [6.45, 7) is 6.09. The smallest absolute Gasteiger partial charge is 0.269 e. The van der Waals surface area contributed by atoms with E-state index in [9.17, 15) is 18.5 Å². The second-order valence-electron chi connectivity index (χ2n) is 10.0. The lowest BCUT2D eigenvalue weighted by atomic mass is 9.78. The first-order chi connectivity index (χ1) is 18.3. The summed E-state index contributed by atoms with van der Waals surface area (Å²) in [6, 6.07) is 13.6. The number of hydrogen-bond acceptors (Lipinski definition) is 7. The number of nitro benzene ring substituents is 1. The number of nitro groups is 1. The van der Waals surface area contributed by atoms with Crippen molar-refractivity contribution in [1.82, 2.24) is 8.87 Å². The summed E-state index contributed by atoms with van der Waals surface area (Å²) in [5.74, 6) is 1.01. The van der Waals surface area contributed by atoms with Gasteiger partial charge in [-0.1, -0.05) is 26.7 Å². The molecule has 0 bridgehead atoms. The second-order valence-corrected chi connectivity index (χ2v) is 12.8. The summed E-state index contributed by atoms with van der Waals surface area (Å²) in [6.07, 6.45) is 3.36. The largest absolute Gasteiger partial charge is 0.379 e. The van der Waals surface area contributed by atoms with Crippen LogP contribution in [0.5, 0.6) is 0 Å². The predicted octanol–water partition coefficient (Wildman–Crippen LogP) is 5.38. The molecule has 0 N–H and O–H groups in total. The number of thiazole rings is 1. The van der Waals surface area contributed by atoms with Crippen LogP contribution in [0.25, 0.3) is 11.3 Å². The average molecular weight is 557 g/mol. The van der Waals surface area contributed by atoms with Gasteiger partial charge in [-0.05, 0) is 60.2 Å². The molecule has 3 atom stereocenters. The topological polar surface area (TPSA) is 107 Å². The Hall–Kier alpha value is -2.86. The zero-order chi connectivity index (χ0) is 26.9. The molecule has 38 heavy (non-hydrogen) atoms. The molecule has 0 spiro atoms. The molecular formula is C27H32N4O5S2. The SMILES string of the molecule is CC1CCCC(n2c(-c3ccc([N+](=O)[O-])cc3)csc2=Nc2ccc(S(=O)(=O)N3CCOCC3)cc2)C1C. The molecule has 1 saturated heterocycles. The maximum absolute atomic E-state index is 13.0. The van der Waals surface area contributed by atoms with E-state index in [-0.39, 0.29) is 21.5 Å². The monoisotopic (exact) mass is 556 g/mol. The van der Waals surface area contributed by atoms with Crippen LogP contribution in [-0.4, -0.2) is 48.5 Å². The van der Waals surface area contributed by atoms with Crippen LogP contribution in [0, 0.1) is 22.0 Å². The van der Waals surface area contributed by atoms with E-state index in [2.05, 4.69) is 23.8 Å². The quantitative estimate of drug-likeness (QED) is 0.299. The lowest BCUT2D eigenvalue weighted by molar-refractivity contribution is -0.384. The van der Waals surface area contributed by atoms with Gasteiger partial charge in [-0.2, -0.15) is 4.31 Å². The van der Waals surface area contributed by atoms with Gasteiger partial charge in [0.25, 0.3) is 5.69 Å². The van der Waals surface area contributed by atoms with E-state index in [4.69, 9.17) is 9.73 Å². The lowest BCUT2D eigenvalue weighted by Gasteiger charge is -2.36. The Morgan fingerprint density at radius 2 is 1.71 bits per heavy atom. The van der Waals surface area contributed by atoms with Crippen LogP contribution in [0.2, 0.25) is 0 Å². The third kappa shape index (κ3) is 5.33. The minimum Gasteiger partial charge on any atom is -0.379 e. The van der Waals surface area contributed by atoms with Gasteiger partial charge in [-0.3, -0.25) is 10.1 Å². The van der Waals surface area contributed by atoms with Gasteiger partial charge < -0.3 is 9.30 Å². The Morgan fingerprint density at radius 3 is 2.37 bits per heavy atom. The molecule has 11 heteroatoms. The van der Waals surface area contributed by atoms with Crippen molar-refractivity contribution in [1.29, 1.82) is 0 Å². The average Bonchev–Trinajstić information content (AvgIpc) is 3.34. The van der Waals surface area contributed by atoms with Gasteiger partial charge in [-0.15, -0.1) is 11.3 Å². The number of nitrogens with zero attached hydrogens (tertiary/aromatic N) is 4. The molecule has 5 rings (SSSR count).